The van der Waals surface area contributed by atoms with Crippen LogP contribution in [0.2, 0.25) is 15.2 Å². The summed E-state index contributed by atoms with van der Waals surface area (Å²) in [7, 11) is 0. The van der Waals surface area contributed by atoms with Crippen LogP contribution in [0.5, 0.6) is 11.6 Å². The van der Waals surface area contributed by atoms with E-state index < -0.39 is 0 Å². The summed E-state index contributed by atoms with van der Waals surface area (Å²) in [5.41, 5.74) is 0. The third kappa shape index (κ3) is 2.97. The number of nitrogens with zero attached hydrogens (tertiary/aromatic N) is 1. The van der Waals surface area contributed by atoms with Crippen LogP contribution in [-0.4, -0.2) is 4.98 Å². The van der Waals surface area contributed by atoms with Crippen LogP contribution in [0.4, 0.5) is 0 Å². The van der Waals surface area contributed by atoms with E-state index in [1.165, 1.54) is 6.07 Å². The minimum atomic E-state index is 0.146. The Balaban J connectivity index is 2.06. The topological polar surface area (TPSA) is 22.1 Å². The molecular formula is C15H7BrCl3NO. The molecule has 0 amide bonds. The first-order valence-corrected chi connectivity index (χ1v) is 7.85. The maximum absolute atomic E-state index is 6.08. The van der Waals surface area contributed by atoms with Gasteiger partial charge in [-0.15, -0.1) is 0 Å². The van der Waals surface area contributed by atoms with Gasteiger partial charge >= 0.3 is 0 Å². The van der Waals surface area contributed by atoms with Crippen LogP contribution in [0.1, 0.15) is 0 Å². The van der Waals surface area contributed by atoms with E-state index in [1.54, 1.807) is 0 Å². The largest absolute Gasteiger partial charge is 0.436 e. The summed E-state index contributed by atoms with van der Waals surface area (Å²) in [5.74, 6) is 0.809. The zero-order valence-corrected chi connectivity index (χ0v) is 14.3. The van der Waals surface area contributed by atoms with Gasteiger partial charge in [0.25, 0.3) is 0 Å². The number of hydrogen-bond donors (Lipinski definition) is 0. The van der Waals surface area contributed by atoms with E-state index in [0.717, 1.165) is 15.2 Å². The molecule has 0 saturated heterocycles. The van der Waals surface area contributed by atoms with E-state index in [9.17, 15) is 0 Å². The van der Waals surface area contributed by atoms with E-state index in [1.807, 2.05) is 36.4 Å². The second kappa shape index (κ2) is 6.01. The Morgan fingerprint density at radius 3 is 2.52 bits per heavy atom. The highest BCUT2D eigenvalue weighted by Crippen LogP contribution is 2.38. The maximum Gasteiger partial charge on any atom is 0.239 e. The Bertz CT molecular complexity index is 839. The molecule has 0 aliphatic carbocycles. The first-order chi connectivity index (χ1) is 10.1. The first-order valence-electron chi connectivity index (χ1n) is 5.93. The van der Waals surface area contributed by atoms with Crippen molar-refractivity contribution < 1.29 is 4.74 Å². The van der Waals surface area contributed by atoms with E-state index in [4.69, 9.17) is 39.5 Å². The highest BCUT2D eigenvalue weighted by Gasteiger charge is 2.13. The van der Waals surface area contributed by atoms with Crippen LogP contribution in [-0.2, 0) is 0 Å². The van der Waals surface area contributed by atoms with Crippen molar-refractivity contribution in [1.82, 2.24) is 4.98 Å². The fourth-order valence-electron chi connectivity index (χ4n) is 1.90. The molecule has 2 aromatic carbocycles. The van der Waals surface area contributed by atoms with Crippen molar-refractivity contribution in [3.63, 3.8) is 0 Å². The van der Waals surface area contributed by atoms with E-state index in [-0.39, 0.29) is 16.1 Å². The van der Waals surface area contributed by atoms with Gasteiger partial charge in [-0.05, 0) is 38.8 Å². The molecule has 0 radical (unpaired) electrons. The van der Waals surface area contributed by atoms with Gasteiger partial charge in [0.05, 0.1) is 9.50 Å². The van der Waals surface area contributed by atoms with Gasteiger partial charge in [0.15, 0.2) is 5.15 Å². The van der Waals surface area contributed by atoms with Crippen LogP contribution in [0, 0.1) is 0 Å². The molecular weight excluding hydrogens is 396 g/mol. The Labute approximate surface area is 144 Å². The number of hydrogen-bond acceptors (Lipinski definition) is 2. The second-order valence-corrected chi connectivity index (χ2v) is 6.21. The lowest BCUT2D eigenvalue weighted by Crippen LogP contribution is -1.91. The average molecular weight is 403 g/mol. The van der Waals surface area contributed by atoms with Gasteiger partial charge in [-0.2, -0.15) is 4.98 Å². The minimum Gasteiger partial charge on any atom is -0.436 e. The summed E-state index contributed by atoms with van der Waals surface area (Å²) in [5, 5.41) is 2.86. The number of pyridine rings is 1. The Morgan fingerprint density at radius 1 is 0.952 bits per heavy atom. The fraction of sp³-hybridized carbons (Fsp3) is 0. The normalized spacial score (nSPS) is 10.9. The lowest BCUT2D eigenvalue weighted by Gasteiger charge is -2.11. The summed E-state index contributed by atoms with van der Waals surface area (Å²) in [4.78, 5) is 4.05. The lowest BCUT2D eigenvalue weighted by atomic mass is 10.1. The molecule has 0 aliphatic heterocycles. The maximum atomic E-state index is 6.08. The molecule has 0 bridgehead atoms. The summed E-state index contributed by atoms with van der Waals surface area (Å²) >= 11 is 21.4. The Hall–Kier alpha value is -1.00. The predicted molar refractivity (Wildman–Crippen MR) is 91.0 cm³/mol. The lowest BCUT2D eigenvalue weighted by molar-refractivity contribution is 0.461. The minimum absolute atomic E-state index is 0.146. The van der Waals surface area contributed by atoms with Crippen molar-refractivity contribution in [1.29, 1.82) is 0 Å². The molecule has 3 aromatic rings. The Morgan fingerprint density at radius 2 is 1.71 bits per heavy atom. The van der Waals surface area contributed by atoms with Crippen molar-refractivity contribution in [3.05, 3.63) is 62.1 Å². The number of rotatable bonds is 2. The van der Waals surface area contributed by atoms with Crippen molar-refractivity contribution >= 4 is 61.5 Å². The quantitative estimate of drug-likeness (QED) is 0.442. The zero-order chi connectivity index (χ0) is 15.0. The molecule has 0 N–H and O–H groups in total. The molecule has 21 heavy (non-hydrogen) atoms. The van der Waals surface area contributed by atoms with Crippen molar-refractivity contribution in [3.8, 4) is 11.6 Å². The van der Waals surface area contributed by atoms with Gasteiger partial charge < -0.3 is 4.74 Å². The molecule has 0 aliphatic rings. The molecule has 0 spiro atoms. The third-order valence-electron chi connectivity index (χ3n) is 2.89. The molecule has 6 heteroatoms. The Kier molecular flexibility index (Phi) is 4.27. The number of benzene rings is 2. The van der Waals surface area contributed by atoms with Gasteiger partial charge in [-0.1, -0.05) is 65.1 Å². The first kappa shape index (κ1) is 14.9. The monoisotopic (exact) mass is 401 g/mol. The fourth-order valence-corrected chi connectivity index (χ4v) is 3.00. The SMILES string of the molecule is Clc1cc(Cl)c(Oc2ccc3ccccc3c2Br)nc1Cl. The van der Waals surface area contributed by atoms with Crippen LogP contribution in [0.25, 0.3) is 10.8 Å². The summed E-state index contributed by atoms with van der Waals surface area (Å²) in [6.07, 6.45) is 0. The zero-order valence-electron chi connectivity index (χ0n) is 10.4. The van der Waals surface area contributed by atoms with E-state index in [2.05, 4.69) is 20.9 Å². The molecule has 106 valence electrons. The van der Waals surface area contributed by atoms with Crippen molar-refractivity contribution in [2.75, 3.05) is 0 Å². The van der Waals surface area contributed by atoms with Crippen LogP contribution in [0.15, 0.2) is 46.9 Å². The standard InChI is InChI=1S/C15H7BrCl3NO/c16-13-9-4-2-1-3-8(9)5-6-12(13)21-15-11(18)7-10(17)14(19)20-15/h1-7H. The van der Waals surface area contributed by atoms with Crippen LogP contribution in [0.3, 0.4) is 0 Å². The van der Waals surface area contributed by atoms with Gasteiger partial charge in [0.2, 0.25) is 5.88 Å². The van der Waals surface area contributed by atoms with Crippen LogP contribution < -0.4 is 4.74 Å². The molecule has 1 aromatic heterocycles. The van der Waals surface area contributed by atoms with E-state index in [0.29, 0.717) is 10.8 Å². The number of ether oxygens (including phenoxy) is 1. The average Bonchev–Trinajstić information content (AvgIpc) is 2.48. The van der Waals surface area contributed by atoms with Gasteiger partial charge in [0, 0.05) is 0 Å². The predicted octanol–water partition coefficient (Wildman–Crippen LogP) is 6.75. The van der Waals surface area contributed by atoms with Crippen molar-refractivity contribution in [2.45, 2.75) is 0 Å². The summed E-state index contributed by atoms with van der Waals surface area (Å²) in [6, 6.07) is 13.3. The number of aromatic nitrogens is 1. The highest BCUT2D eigenvalue weighted by molar-refractivity contribution is 9.10. The smallest absolute Gasteiger partial charge is 0.239 e. The van der Waals surface area contributed by atoms with Gasteiger partial charge in [-0.25, -0.2) is 0 Å². The molecule has 2 nitrogen and oxygen atoms in total. The molecule has 0 saturated carbocycles. The van der Waals surface area contributed by atoms with Gasteiger partial charge in [-0.3, -0.25) is 0 Å². The van der Waals surface area contributed by atoms with Crippen LogP contribution >= 0.6 is 50.7 Å². The third-order valence-corrected chi connectivity index (χ3v) is 4.65. The number of fused-ring (bicyclic) bond motifs is 1. The summed E-state index contributed by atoms with van der Waals surface area (Å²) in [6.45, 7) is 0. The molecule has 3 rings (SSSR count). The van der Waals surface area contributed by atoms with Crippen molar-refractivity contribution in [2.24, 2.45) is 0 Å². The second-order valence-electron chi connectivity index (χ2n) is 4.25. The molecule has 0 fully saturated rings. The summed E-state index contributed by atoms with van der Waals surface area (Å²) < 4.78 is 6.57. The van der Waals surface area contributed by atoms with E-state index >= 15 is 0 Å². The van der Waals surface area contributed by atoms with Gasteiger partial charge in [0.1, 0.15) is 10.8 Å². The number of halogens is 4. The molecule has 0 unspecified atom stereocenters. The molecule has 1 heterocycles. The molecule has 0 atom stereocenters. The highest BCUT2D eigenvalue weighted by atomic mass is 79.9.